The van der Waals surface area contributed by atoms with E-state index in [1.165, 1.54) is 0 Å². The van der Waals surface area contributed by atoms with Gasteiger partial charge in [0.1, 0.15) is 0 Å². The van der Waals surface area contributed by atoms with Gasteiger partial charge in [0.25, 0.3) is 0 Å². The maximum Gasteiger partial charge on any atom is 0.229 e. The first-order chi connectivity index (χ1) is 8.20. The molecular weight excluding hydrogens is 216 g/mol. The van der Waals surface area contributed by atoms with Crippen LogP contribution in [-0.2, 0) is 9.53 Å². The lowest BCUT2D eigenvalue weighted by molar-refractivity contribution is -0.135. The van der Waals surface area contributed by atoms with Crippen molar-refractivity contribution in [2.45, 2.75) is 38.3 Å². The average Bonchev–Trinajstić information content (AvgIpc) is 2.96. The van der Waals surface area contributed by atoms with Gasteiger partial charge in [0.05, 0.1) is 12.0 Å². The monoisotopic (exact) mass is 238 g/mol. The largest absolute Gasteiger partial charge is 0.376 e. The molecule has 3 unspecified atom stereocenters. The minimum Gasteiger partial charge on any atom is -0.376 e. The molecule has 3 atom stereocenters. The quantitative estimate of drug-likeness (QED) is 0.741. The lowest BCUT2D eigenvalue weighted by Gasteiger charge is -2.26. The summed E-state index contributed by atoms with van der Waals surface area (Å²) in [6.45, 7) is 4.34. The van der Waals surface area contributed by atoms with Crippen molar-refractivity contribution in [1.29, 1.82) is 0 Å². The third kappa shape index (κ3) is 3.07. The number of hydrogen-bond donors (Lipinski definition) is 1. The summed E-state index contributed by atoms with van der Waals surface area (Å²) in [4.78, 5) is 14.2. The third-order valence-electron chi connectivity index (χ3n) is 3.58. The van der Waals surface area contributed by atoms with Crippen LogP contribution >= 0.6 is 0 Å². The molecule has 0 spiro atoms. The standard InChI is InChI=1S/C13H22N2O2/c1-2-15(9-12-4-3-7-17-12)13(16)10-5-6-11(14)8-10/h5-6,10-12H,2-4,7-9,14H2,1H3. The molecule has 2 N–H and O–H groups in total. The molecule has 17 heavy (non-hydrogen) atoms. The van der Waals surface area contributed by atoms with E-state index in [4.69, 9.17) is 10.5 Å². The maximum absolute atomic E-state index is 12.3. The molecular formula is C13H22N2O2. The SMILES string of the molecule is CCN(CC1CCCO1)C(=O)C1C=CC(N)C1. The molecule has 4 nitrogen and oxygen atoms in total. The zero-order chi connectivity index (χ0) is 12.3. The zero-order valence-electron chi connectivity index (χ0n) is 10.5. The Morgan fingerprint density at radius 2 is 2.35 bits per heavy atom. The van der Waals surface area contributed by atoms with Crippen molar-refractivity contribution in [3.8, 4) is 0 Å². The van der Waals surface area contributed by atoms with Gasteiger partial charge < -0.3 is 15.4 Å². The fourth-order valence-corrected chi connectivity index (χ4v) is 2.55. The Morgan fingerprint density at radius 1 is 1.53 bits per heavy atom. The van der Waals surface area contributed by atoms with Crippen molar-refractivity contribution < 1.29 is 9.53 Å². The smallest absolute Gasteiger partial charge is 0.229 e. The van der Waals surface area contributed by atoms with Crippen LogP contribution in [0.5, 0.6) is 0 Å². The number of hydrogen-bond acceptors (Lipinski definition) is 3. The molecule has 0 aromatic rings. The first kappa shape index (κ1) is 12.6. The number of amides is 1. The highest BCUT2D eigenvalue weighted by Crippen LogP contribution is 2.20. The van der Waals surface area contributed by atoms with Crippen molar-refractivity contribution in [1.82, 2.24) is 4.90 Å². The molecule has 1 aliphatic heterocycles. The summed E-state index contributed by atoms with van der Waals surface area (Å²) in [7, 11) is 0. The van der Waals surface area contributed by atoms with E-state index in [9.17, 15) is 4.79 Å². The molecule has 1 fully saturated rings. The summed E-state index contributed by atoms with van der Waals surface area (Å²) < 4.78 is 5.58. The lowest BCUT2D eigenvalue weighted by Crippen LogP contribution is -2.40. The first-order valence-corrected chi connectivity index (χ1v) is 6.55. The van der Waals surface area contributed by atoms with Crippen molar-refractivity contribution in [2.24, 2.45) is 11.7 Å². The van der Waals surface area contributed by atoms with E-state index < -0.39 is 0 Å². The van der Waals surface area contributed by atoms with Gasteiger partial charge in [-0.1, -0.05) is 12.2 Å². The van der Waals surface area contributed by atoms with Crippen LogP contribution < -0.4 is 5.73 Å². The van der Waals surface area contributed by atoms with Crippen molar-refractivity contribution in [3.63, 3.8) is 0 Å². The van der Waals surface area contributed by atoms with E-state index in [2.05, 4.69) is 0 Å². The molecule has 0 aromatic carbocycles. The number of carbonyl (C=O) groups is 1. The number of ether oxygens (including phenoxy) is 1. The van der Waals surface area contributed by atoms with Crippen molar-refractivity contribution >= 4 is 5.91 Å². The van der Waals surface area contributed by atoms with Crippen LogP contribution in [0.25, 0.3) is 0 Å². The molecule has 0 aromatic heterocycles. The molecule has 2 rings (SSSR count). The Labute approximate surface area is 103 Å². The van der Waals surface area contributed by atoms with Crippen LogP contribution in [0.3, 0.4) is 0 Å². The average molecular weight is 238 g/mol. The van der Waals surface area contributed by atoms with E-state index in [-0.39, 0.29) is 24.0 Å². The van der Waals surface area contributed by atoms with E-state index in [1.807, 2.05) is 24.0 Å². The third-order valence-corrected chi connectivity index (χ3v) is 3.58. The summed E-state index contributed by atoms with van der Waals surface area (Å²) in [6.07, 6.45) is 7.06. The highest BCUT2D eigenvalue weighted by molar-refractivity contribution is 5.81. The van der Waals surface area contributed by atoms with Crippen LogP contribution in [0.1, 0.15) is 26.2 Å². The van der Waals surface area contributed by atoms with Gasteiger partial charge in [0.15, 0.2) is 0 Å². The van der Waals surface area contributed by atoms with E-state index >= 15 is 0 Å². The van der Waals surface area contributed by atoms with Crippen molar-refractivity contribution in [3.05, 3.63) is 12.2 Å². The molecule has 0 radical (unpaired) electrons. The molecule has 1 heterocycles. The van der Waals surface area contributed by atoms with Gasteiger partial charge in [-0.25, -0.2) is 0 Å². The predicted octanol–water partition coefficient (Wildman–Crippen LogP) is 0.917. The second kappa shape index (κ2) is 5.65. The van der Waals surface area contributed by atoms with Gasteiger partial charge in [-0.15, -0.1) is 0 Å². The van der Waals surface area contributed by atoms with Gasteiger partial charge in [0, 0.05) is 25.7 Å². The van der Waals surface area contributed by atoms with Crippen LogP contribution in [0, 0.1) is 5.92 Å². The fraction of sp³-hybridized carbons (Fsp3) is 0.769. The first-order valence-electron chi connectivity index (χ1n) is 6.55. The number of carbonyl (C=O) groups excluding carboxylic acids is 1. The zero-order valence-corrected chi connectivity index (χ0v) is 10.5. The van der Waals surface area contributed by atoms with Crippen LogP contribution in [-0.4, -0.2) is 42.6 Å². The van der Waals surface area contributed by atoms with Crippen molar-refractivity contribution in [2.75, 3.05) is 19.7 Å². The minimum absolute atomic E-state index is 0.0219. The summed E-state index contributed by atoms with van der Waals surface area (Å²) in [6, 6.07) is 0.0467. The van der Waals surface area contributed by atoms with E-state index in [1.54, 1.807) is 0 Å². The molecule has 0 bridgehead atoms. The summed E-state index contributed by atoms with van der Waals surface area (Å²) in [5.74, 6) is 0.179. The maximum atomic E-state index is 12.3. The van der Waals surface area contributed by atoms with Gasteiger partial charge in [-0.2, -0.15) is 0 Å². The lowest BCUT2D eigenvalue weighted by atomic mass is 10.1. The Hall–Kier alpha value is -0.870. The molecule has 1 saturated heterocycles. The summed E-state index contributed by atoms with van der Waals surface area (Å²) in [5, 5.41) is 0. The normalized spacial score (nSPS) is 32.0. The number of rotatable bonds is 4. The van der Waals surface area contributed by atoms with Crippen LogP contribution in [0.4, 0.5) is 0 Å². The number of nitrogens with zero attached hydrogens (tertiary/aromatic N) is 1. The minimum atomic E-state index is -0.0219. The predicted molar refractivity (Wildman–Crippen MR) is 66.5 cm³/mol. The van der Waals surface area contributed by atoms with Gasteiger partial charge >= 0.3 is 0 Å². The van der Waals surface area contributed by atoms with Gasteiger partial charge in [-0.3, -0.25) is 4.79 Å². The molecule has 0 saturated carbocycles. The molecule has 2 aliphatic rings. The fourth-order valence-electron chi connectivity index (χ4n) is 2.55. The molecule has 1 aliphatic carbocycles. The summed E-state index contributed by atoms with van der Waals surface area (Å²) in [5.41, 5.74) is 5.79. The van der Waals surface area contributed by atoms with Crippen LogP contribution in [0.15, 0.2) is 12.2 Å². The second-order valence-electron chi connectivity index (χ2n) is 4.90. The number of likely N-dealkylation sites (N-methyl/N-ethyl adjacent to an activating group) is 1. The molecule has 96 valence electrons. The molecule has 1 amide bonds. The highest BCUT2D eigenvalue weighted by atomic mass is 16.5. The van der Waals surface area contributed by atoms with Gasteiger partial charge in [0.2, 0.25) is 5.91 Å². The second-order valence-corrected chi connectivity index (χ2v) is 4.90. The van der Waals surface area contributed by atoms with E-state index in [0.717, 1.165) is 39.0 Å². The van der Waals surface area contributed by atoms with E-state index in [0.29, 0.717) is 0 Å². The Morgan fingerprint density at radius 3 is 2.88 bits per heavy atom. The number of nitrogens with two attached hydrogens (primary N) is 1. The highest BCUT2D eigenvalue weighted by Gasteiger charge is 2.28. The Balaban J connectivity index is 1.88. The van der Waals surface area contributed by atoms with Gasteiger partial charge in [-0.05, 0) is 26.2 Å². The van der Waals surface area contributed by atoms with Crippen LogP contribution in [0.2, 0.25) is 0 Å². The summed E-state index contributed by atoms with van der Waals surface area (Å²) >= 11 is 0. The Bertz CT molecular complexity index is 298. The Kier molecular flexibility index (Phi) is 4.18. The molecule has 4 heteroatoms. The topological polar surface area (TPSA) is 55.6 Å².